The normalized spacial score (nSPS) is 11.5. The Bertz CT molecular complexity index is 782. The number of hydrogen-bond donors (Lipinski definition) is 2. The van der Waals surface area contributed by atoms with E-state index in [0.29, 0.717) is 11.5 Å². The van der Waals surface area contributed by atoms with Crippen LogP contribution in [0.15, 0.2) is 39.6 Å². The Morgan fingerprint density at radius 3 is 2.57 bits per heavy atom. The molecule has 0 unspecified atom stereocenters. The van der Waals surface area contributed by atoms with Crippen molar-refractivity contribution in [2.45, 2.75) is 18.4 Å². The molecule has 2 N–H and O–H groups in total. The van der Waals surface area contributed by atoms with Gasteiger partial charge < -0.3 is 9.52 Å². The van der Waals surface area contributed by atoms with Crippen molar-refractivity contribution in [2.75, 3.05) is 0 Å². The number of rotatable bonds is 5. The van der Waals surface area contributed by atoms with Crippen molar-refractivity contribution in [2.24, 2.45) is 0 Å². The number of halogens is 1. The van der Waals surface area contributed by atoms with Crippen molar-refractivity contribution in [3.63, 3.8) is 0 Å². The zero-order valence-electron chi connectivity index (χ0n) is 11.0. The van der Waals surface area contributed by atoms with Crippen molar-refractivity contribution >= 4 is 27.6 Å². The maximum Gasteiger partial charge on any atom is 0.337 e. The van der Waals surface area contributed by atoms with E-state index in [2.05, 4.69) is 4.72 Å². The average Bonchev–Trinajstić information content (AvgIpc) is 2.82. The van der Waals surface area contributed by atoms with Crippen LogP contribution in [-0.4, -0.2) is 19.5 Å². The van der Waals surface area contributed by atoms with Crippen molar-refractivity contribution < 1.29 is 22.7 Å². The molecular weight excluding hydrogens is 318 g/mol. The fraction of sp³-hybridized carbons (Fsp3) is 0.154. The van der Waals surface area contributed by atoms with Crippen LogP contribution in [0.1, 0.15) is 21.9 Å². The second-order valence-electron chi connectivity index (χ2n) is 4.28. The minimum Gasteiger partial charge on any atom is -0.478 e. The Morgan fingerprint density at radius 1 is 1.33 bits per heavy atom. The summed E-state index contributed by atoms with van der Waals surface area (Å²) in [6, 6.07) is 6.82. The van der Waals surface area contributed by atoms with E-state index in [0.717, 1.165) is 12.1 Å². The van der Waals surface area contributed by atoms with Crippen LogP contribution >= 0.6 is 11.6 Å². The van der Waals surface area contributed by atoms with E-state index in [9.17, 15) is 13.2 Å². The monoisotopic (exact) mass is 329 g/mol. The highest BCUT2D eigenvalue weighted by Gasteiger charge is 2.18. The second kappa shape index (κ2) is 5.88. The molecule has 0 aliphatic rings. The van der Waals surface area contributed by atoms with Gasteiger partial charge in [0.05, 0.1) is 22.0 Å². The van der Waals surface area contributed by atoms with Crippen LogP contribution in [0.2, 0.25) is 5.02 Å². The predicted molar refractivity (Wildman–Crippen MR) is 75.9 cm³/mol. The number of benzene rings is 1. The maximum absolute atomic E-state index is 12.1. The summed E-state index contributed by atoms with van der Waals surface area (Å²) in [4.78, 5) is 10.7. The van der Waals surface area contributed by atoms with Gasteiger partial charge in [0.15, 0.2) is 0 Å². The Hall–Kier alpha value is -1.83. The first kappa shape index (κ1) is 15.6. The molecule has 0 fully saturated rings. The molecule has 1 heterocycles. The lowest BCUT2D eigenvalue weighted by Gasteiger charge is -2.07. The summed E-state index contributed by atoms with van der Waals surface area (Å²) in [6.07, 6.45) is 0. The molecule has 2 aromatic rings. The Kier molecular flexibility index (Phi) is 4.36. The summed E-state index contributed by atoms with van der Waals surface area (Å²) in [5, 5.41) is 8.71. The minimum atomic E-state index is -3.80. The molecule has 21 heavy (non-hydrogen) atoms. The molecule has 0 radical (unpaired) electrons. The van der Waals surface area contributed by atoms with Crippen LogP contribution in [-0.2, 0) is 16.6 Å². The second-order valence-corrected chi connectivity index (χ2v) is 6.46. The van der Waals surface area contributed by atoms with E-state index in [-0.39, 0.29) is 22.0 Å². The van der Waals surface area contributed by atoms with E-state index in [1.165, 1.54) is 6.07 Å². The fourth-order valence-corrected chi connectivity index (χ4v) is 3.01. The zero-order valence-corrected chi connectivity index (χ0v) is 12.5. The van der Waals surface area contributed by atoms with E-state index < -0.39 is 16.0 Å². The molecular formula is C13H12ClNO5S. The quantitative estimate of drug-likeness (QED) is 0.878. The van der Waals surface area contributed by atoms with Crippen LogP contribution in [0.5, 0.6) is 0 Å². The number of carboxylic acids is 1. The van der Waals surface area contributed by atoms with Crippen molar-refractivity contribution in [1.29, 1.82) is 0 Å². The summed E-state index contributed by atoms with van der Waals surface area (Å²) in [5.74, 6) is -0.0645. The molecule has 2 rings (SSSR count). The van der Waals surface area contributed by atoms with Gasteiger partial charge in [-0.1, -0.05) is 11.6 Å². The highest BCUT2D eigenvalue weighted by atomic mass is 35.5. The molecule has 0 bridgehead atoms. The smallest absolute Gasteiger partial charge is 0.337 e. The number of nitrogens with one attached hydrogen (secondary N) is 1. The largest absolute Gasteiger partial charge is 0.478 e. The summed E-state index contributed by atoms with van der Waals surface area (Å²) in [5.41, 5.74) is -0.155. The van der Waals surface area contributed by atoms with Gasteiger partial charge in [0, 0.05) is 0 Å². The van der Waals surface area contributed by atoms with Crippen LogP contribution in [0.25, 0.3) is 0 Å². The standard InChI is InChI=1S/C13H12ClNO5S/c1-8-2-3-9(20-8)7-15-21(18,19)10-4-5-11(13(16)17)12(14)6-10/h2-6,15H,7H2,1H3,(H,16,17). The summed E-state index contributed by atoms with van der Waals surface area (Å²) >= 11 is 5.76. The molecule has 0 atom stereocenters. The third-order valence-electron chi connectivity index (χ3n) is 2.71. The van der Waals surface area contributed by atoms with Gasteiger partial charge in [-0.05, 0) is 37.3 Å². The minimum absolute atomic E-state index is 0.00548. The SMILES string of the molecule is Cc1ccc(CNS(=O)(=O)c2ccc(C(=O)O)c(Cl)c2)o1. The number of aryl methyl sites for hydroxylation is 1. The molecule has 0 aliphatic carbocycles. The number of carbonyl (C=O) groups is 1. The van der Waals surface area contributed by atoms with E-state index in [1.807, 2.05) is 0 Å². The number of aromatic carboxylic acids is 1. The van der Waals surface area contributed by atoms with Gasteiger partial charge in [0.2, 0.25) is 10.0 Å². The van der Waals surface area contributed by atoms with Gasteiger partial charge in [-0.3, -0.25) is 0 Å². The van der Waals surface area contributed by atoms with E-state index in [1.54, 1.807) is 19.1 Å². The summed E-state index contributed by atoms with van der Waals surface area (Å²) in [7, 11) is -3.80. The third kappa shape index (κ3) is 3.63. The Balaban J connectivity index is 2.19. The van der Waals surface area contributed by atoms with Crippen LogP contribution in [0.3, 0.4) is 0 Å². The van der Waals surface area contributed by atoms with Gasteiger partial charge in [-0.25, -0.2) is 17.9 Å². The van der Waals surface area contributed by atoms with Crippen molar-refractivity contribution in [1.82, 2.24) is 4.72 Å². The van der Waals surface area contributed by atoms with E-state index >= 15 is 0 Å². The number of furan rings is 1. The average molecular weight is 330 g/mol. The Labute approximate surface area is 126 Å². The third-order valence-corrected chi connectivity index (χ3v) is 4.43. The molecule has 1 aromatic carbocycles. The molecule has 8 heteroatoms. The first-order valence-corrected chi connectivity index (χ1v) is 7.73. The van der Waals surface area contributed by atoms with Gasteiger partial charge in [-0.15, -0.1) is 0 Å². The zero-order chi connectivity index (χ0) is 15.6. The Morgan fingerprint density at radius 2 is 2.05 bits per heavy atom. The maximum atomic E-state index is 12.1. The lowest BCUT2D eigenvalue weighted by Crippen LogP contribution is -2.23. The van der Waals surface area contributed by atoms with Gasteiger partial charge in [0.1, 0.15) is 11.5 Å². The van der Waals surface area contributed by atoms with Crippen LogP contribution in [0, 0.1) is 6.92 Å². The van der Waals surface area contributed by atoms with E-state index in [4.69, 9.17) is 21.1 Å². The first-order chi connectivity index (χ1) is 9.79. The van der Waals surface area contributed by atoms with Gasteiger partial charge in [-0.2, -0.15) is 0 Å². The van der Waals surface area contributed by atoms with Gasteiger partial charge >= 0.3 is 5.97 Å². The molecule has 0 saturated heterocycles. The summed E-state index contributed by atoms with van der Waals surface area (Å²) in [6.45, 7) is 1.75. The molecule has 1 aromatic heterocycles. The molecule has 0 amide bonds. The molecule has 112 valence electrons. The lowest BCUT2D eigenvalue weighted by molar-refractivity contribution is 0.0697. The highest BCUT2D eigenvalue weighted by Crippen LogP contribution is 2.21. The summed E-state index contributed by atoms with van der Waals surface area (Å²) < 4.78 is 31.8. The number of hydrogen-bond acceptors (Lipinski definition) is 4. The molecule has 0 spiro atoms. The number of carboxylic acid groups (broad SMARTS) is 1. The van der Waals surface area contributed by atoms with Crippen molar-refractivity contribution in [3.8, 4) is 0 Å². The van der Waals surface area contributed by atoms with Crippen LogP contribution in [0.4, 0.5) is 0 Å². The molecule has 6 nitrogen and oxygen atoms in total. The highest BCUT2D eigenvalue weighted by molar-refractivity contribution is 7.89. The molecule has 0 aliphatic heterocycles. The molecule has 0 saturated carbocycles. The first-order valence-electron chi connectivity index (χ1n) is 5.87. The van der Waals surface area contributed by atoms with Crippen molar-refractivity contribution in [3.05, 3.63) is 52.4 Å². The van der Waals surface area contributed by atoms with Crippen LogP contribution < -0.4 is 4.72 Å². The number of sulfonamides is 1. The van der Waals surface area contributed by atoms with Gasteiger partial charge in [0.25, 0.3) is 0 Å². The lowest BCUT2D eigenvalue weighted by atomic mass is 10.2. The topological polar surface area (TPSA) is 96.6 Å². The fourth-order valence-electron chi connectivity index (χ4n) is 1.67. The predicted octanol–water partition coefficient (Wildman–Crippen LogP) is 2.42.